The zero-order valence-corrected chi connectivity index (χ0v) is 15.3. The SMILES string of the molecule is CCCCN1C(=O)C(=O)N(Cc2cc(=O)oc3ccc4ccccc4c23)C1=O. The predicted octanol–water partition coefficient (Wildman–Crippen LogP) is 3.04. The predicted molar refractivity (Wildman–Crippen MR) is 103 cm³/mol. The van der Waals surface area contributed by atoms with Crippen molar-refractivity contribution in [2.45, 2.75) is 26.3 Å². The van der Waals surface area contributed by atoms with Crippen LogP contribution in [-0.4, -0.2) is 34.2 Å². The standard InChI is InChI=1S/C21H18N2O5/c1-2-3-10-22-19(25)20(26)23(21(22)27)12-14-11-17(24)28-16-9-8-13-6-4-5-7-15(13)18(14)16/h4-9,11H,2-3,10,12H2,1H3. The molecule has 142 valence electrons. The van der Waals surface area contributed by atoms with Crippen LogP contribution in [0.15, 0.2) is 51.7 Å². The van der Waals surface area contributed by atoms with E-state index in [1.165, 1.54) is 6.07 Å². The average Bonchev–Trinajstić information content (AvgIpc) is 2.89. The Morgan fingerprint density at radius 1 is 0.929 bits per heavy atom. The second kappa shape index (κ2) is 6.92. The van der Waals surface area contributed by atoms with Crippen molar-refractivity contribution < 1.29 is 18.8 Å². The Morgan fingerprint density at radius 2 is 1.68 bits per heavy atom. The lowest BCUT2D eigenvalue weighted by Crippen LogP contribution is -2.33. The molecule has 1 aliphatic heterocycles. The van der Waals surface area contributed by atoms with Crippen LogP contribution in [0.4, 0.5) is 4.79 Å². The van der Waals surface area contributed by atoms with Gasteiger partial charge in [0, 0.05) is 18.0 Å². The van der Waals surface area contributed by atoms with Crippen molar-refractivity contribution in [1.82, 2.24) is 9.80 Å². The highest BCUT2D eigenvalue weighted by molar-refractivity contribution is 6.44. The third-order valence-electron chi connectivity index (χ3n) is 4.91. The van der Waals surface area contributed by atoms with Crippen LogP contribution >= 0.6 is 0 Å². The van der Waals surface area contributed by atoms with Gasteiger partial charge >= 0.3 is 23.5 Å². The summed E-state index contributed by atoms with van der Waals surface area (Å²) in [7, 11) is 0. The number of amides is 4. The maximum absolute atomic E-state index is 12.6. The summed E-state index contributed by atoms with van der Waals surface area (Å²) >= 11 is 0. The minimum atomic E-state index is -0.872. The summed E-state index contributed by atoms with van der Waals surface area (Å²) in [5.74, 6) is -1.70. The van der Waals surface area contributed by atoms with Gasteiger partial charge in [-0.3, -0.25) is 19.4 Å². The highest BCUT2D eigenvalue weighted by atomic mass is 16.4. The zero-order valence-electron chi connectivity index (χ0n) is 15.3. The number of carbonyl (C=O) groups excluding carboxylic acids is 3. The number of nitrogens with zero attached hydrogens (tertiary/aromatic N) is 2. The van der Waals surface area contributed by atoms with Crippen LogP contribution in [0.25, 0.3) is 21.7 Å². The van der Waals surface area contributed by atoms with Crippen LogP contribution < -0.4 is 5.63 Å². The third-order valence-corrected chi connectivity index (χ3v) is 4.91. The molecule has 3 aromatic rings. The lowest BCUT2D eigenvalue weighted by Gasteiger charge is -2.16. The van der Waals surface area contributed by atoms with Crippen LogP contribution in [0.1, 0.15) is 25.3 Å². The van der Waals surface area contributed by atoms with E-state index in [2.05, 4.69) is 0 Å². The molecule has 1 fully saturated rings. The minimum Gasteiger partial charge on any atom is -0.423 e. The Labute approximate surface area is 160 Å². The molecule has 0 N–H and O–H groups in total. The van der Waals surface area contributed by atoms with Crippen molar-refractivity contribution in [3.63, 3.8) is 0 Å². The van der Waals surface area contributed by atoms with E-state index in [0.29, 0.717) is 23.0 Å². The fraction of sp³-hybridized carbons (Fsp3) is 0.238. The second-order valence-electron chi connectivity index (χ2n) is 6.73. The van der Waals surface area contributed by atoms with Crippen LogP contribution in [-0.2, 0) is 16.1 Å². The first kappa shape index (κ1) is 17.9. The smallest absolute Gasteiger partial charge is 0.336 e. The molecule has 0 bridgehead atoms. The number of fused-ring (bicyclic) bond motifs is 3. The molecule has 0 unspecified atom stereocenters. The molecule has 7 nitrogen and oxygen atoms in total. The van der Waals surface area contributed by atoms with E-state index in [0.717, 1.165) is 27.0 Å². The van der Waals surface area contributed by atoms with Crippen molar-refractivity contribution in [3.8, 4) is 0 Å². The zero-order chi connectivity index (χ0) is 19.8. The van der Waals surface area contributed by atoms with Crippen LogP contribution in [0.5, 0.6) is 0 Å². The van der Waals surface area contributed by atoms with Gasteiger partial charge in [0.15, 0.2) is 0 Å². The Morgan fingerprint density at radius 3 is 2.46 bits per heavy atom. The Bertz CT molecular complexity index is 1180. The molecule has 28 heavy (non-hydrogen) atoms. The van der Waals surface area contributed by atoms with E-state index in [9.17, 15) is 19.2 Å². The summed E-state index contributed by atoms with van der Waals surface area (Å²) in [6.45, 7) is 1.98. The summed E-state index contributed by atoms with van der Waals surface area (Å²) in [6.07, 6.45) is 1.42. The lowest BCUT2D eigenvalue weighted by atomic mass is 10.0. The maximum atomic E-state index is 12.6. The molecule has 7 heteroatoms. The number of unbranched alkanes of at least 4 members (excludes halogenated alkanes) is 1. The fourth-order valence-electron chi connectivity index (χ4n) is 3.52. The Balaban J connectivity index is 1.81. The Hall–Kier alpha value is -3.48. The normalized spacial score (nSPS) is 14.7. The molecule has 0 saturated carbocycles. The van der Waals surface area contributed by atoms with E-state index >= 15 is 0 Å². The van der Waals surface area contributed by atoms with Crippen LogP contribution in [0, 0.1) is 0 Å². The molecule has 1 aliphatic rings. The number of hydrogen-bond donors (Lipinski definition) is 0. The molecule has 2 heterocycles. The van der Waals surface area contributed by atoms with Gasteiger partial charge in [0.05, 0.1) is 6.54 Å². The number of imide groups is 2. The quantitative estimate of drug-likeness (QED) is 0.295. The van der Waals surface area contributed by atoms with Crippen molar-refractivity contribution >= 4 is 39.6 Å². The molecule has 0 radical (unpaired) electrons. The van der Waals surface area contributed by atoms with Gasteiger partial charge in [0.1, 0.15) is 5.58 Å². The summed E-state index contributed by atoms with van der Waals surface area (Å²) in [5, 5.41) is 2.43. The third kappa shape index (κ3) is 2.85. The minimum absolute atomic E-state index is 0.165. The van der Waals surface area contributed by atoms with Crippen molar-refractivity contribution in [1.29, 1.82) is 0 Å². The molecule has 1 saturated heterocycles. The lowest BCUT2D eigenvalue weighted by molar-refractivity contribution is -0.143. The van der Waals surface area contributed by atoms with E-state index < -0.39 is 23.5 Å². The number of carbonyl (C=O) groups is 3. The monoisotopic (exact) mass is 378 g/mol. The number of urea groups is 1. The van der Waals surface area contributed by atoms with Gasteiger partial charge in [-0.1, -0.05) is 43.7 Å². The molecular formula is C21H18N2O5. The number of benzene rings is 2. The van der Waals surface area contributed by atoms with Gasteiger partial charge in [-0.25, -0.2) is 9.59 Å². The maximum Gasteiger partial charge on any atom is 0.336 e. The Kier molecular flexibility index (Phi) is 4.43. The van der Waals surface area contributed by atoms with Gasteiger partial charge in [-0.15, -0.1) is 0 Å². The van der Waals surface area contributed by atoms with E-state index in [1.54, 1.807) is 6.07 Å². The topological polar surface area (TPSA) is 87.9 Å². The molecule has 2 aromatic carbocycles. The summed E-state index contributed by atoms with van der Waals surface area (Å²) in [6, 6.07) is 11.7. The van der Waals surface area contributed by atoms with E-state index in [-0.39, 0.29) is 13.1 Å². The second-order valence-corrected chi connectivity index (χ2v) is 6.73. The summed E-state index contributed by atoms with van der Waals surface area (Å²) < 4.78 is 5.30. The molecule has 1 aromatic heterocycles. The molecule has 0 spiro atoms. The highest BCUT2D eigenvalue weighted by Gasteiger charge is 2.44. The van der Waals surface area contributed by atoms with Gasteiger partial charge in [-0.2, -0.15) is 0 Å². The van der Waals surface area contributed by atoms with Gasteiger partial charge in [0.25, 0.3) is 0 Å². The molecular weight excluding hydrogens is 360 g/mol. The van der Waals surface area contributed by atoms with Crippen LogP contribution in [0.2, 0.25) is 0 Å². The van der Waals surface area contributed by atoms with Crippen molar-refractivity contribution in [3.05, 3.63) is 58.4 Å². The average molecular weight is 378 g/mol. The summed E-state index contributed by atoms with van der Waals surface area (Å²) in [4.78, 5) is 51.1. The van der Waals surface area contributed by atoms with Crippen molar-refractivity contribution in [2.24, 2.45) is 0 Å². The molecule has 0 aliphatic carbocycles. The molecule has 4 amide bonds. The first-order chi connectivity index (χ1) is 13.5. The van der Waals surface area contributed by atoms with Gasteiger partial charge in [0.2, 0.25) is 0 Å². The van der Waals surface area contributed by atoms with E-state index in [4.69, 9.17) is 4.42 Å². The number of hydrogen-bond acceptors (Lipinski definition) is 5. The first-order valence-electron chi connectivity index (χ1n) is 9.13. The summed E-state index contributed by atoms with van der Waals surface area (Å²) in [5.41, 5.74) is 0.260. The first-order valence-corrected chi connectivity index (χ1v) is 9.13. The number of rotatable bonds is 5. The van der Waals surface area contributed by atoms with Gasteiger partial charge in [-0.05, 0) is 28.8 Å². The molecule has 0 atom stereocenters. The highest BCUT2D eigenvalue weighted by Crippen LogP contribution is 2.29. The van der Waals surface area contributed by atoms with Gasteiger partial charge < -0.3 is 4.42 Å². The van der Waals surface area contributed by atoms with Crippen LogP contribution in [0.3, 0.4) is 0 Å². The van der Waals surface area contributed by atoms with E-state index in [1.807, 2.05) is 37.3 Å². The van der Waals surface area contributed by atoms with Crippen molar-refractivity contribution in [2.75, 3.05) is 6.54 Å². The fourth-order valence-corrected chi connectivity index (χ4v) is 3.52. The molecule has 4 rings (SSSR count). The largest absolute Gasteiger partial charge is 0.423 e.